The molecule has 1 atom stereocenters. The van der Waals surface area contributed by atoms with Gasteiger partial charge in [0.15, 0.2) is 5.16 Å². The van der Waals surface area contributed by atoms with Gasteiger partial charge in [0.2, 0.25) is 5.91 Å². The van der Waals surface area contributed by atoms with Crippen LogP contribution in [-0.4, -0.2) is 32.7 Å². The molecule has 0 aliphatic carbocycles. The molecule has 28 heavy (non-hydrogen) atoms. The van der Waals surface area contributed by atoms with E-state index < -0.39 is 0 Å². The third kappa shape index (κ3) is 3.61. The summed E-state index contributed by atoms with van der Waals surface area (Å²) >= 11 is 3.07. The van der Waals surface area contributed by atoms with Crippen LogP contribution in [0.1, 0.15) is 43.6 Å². The Kier molecular flexibility index (Phi) is 5.55. The minimum Gasteiger partial charge on any atom is -0.334 e. The number of rotatable bonds is 5. The maximum atomic E-state index is 12.9. The van der Waals surface area contributed by atoms with Crippen molar-refractivity contribution in [2.45, 2.75) is 43.9 Å². The van der Waals surface area contributed by atoms with Crippen molar-refractivity contribution in [2.24, 2.45) is 0 Å². The van der Waals surface area contributed by atoms with Crippen LogP contribution in [0.3, 0.4) is 0 Å². The molecule has 146 valence electrons. The fraction of sp³-hybridized carbons (Fsp3) is 0.381. The maximum Gasteiger partial charge on any atom is 0.262 e. The first-order chi connectivity index (χ1) is 13.6. The van der Waals surface area contributed by atoms with E-state index in [-0.39, 0.29) is 23.6 Å². The van der Waals surface area contributed by atoms with Gasteiger partial charge >= 0.3 is 0 Å². The van der Waals surface area contributed by atoms with Crippen molar-refractivity contribution in [1.82, 2.24) is 14.5 Å². The second kappa shape index (κ2) is 8.09. The van der Waals surface area contributed by atoms with Gasteiger partial charge in [0.1, 0.15) is 0 Å². The van der Waals surface area contributed by atoms with E-state index >= 15 is 0 Å². The SMILES string of the molecule is CC(C)n1c(SCC(=O)N2CCCC2c2cccs2)nc2ccccc2c1=O. The third-order valence-electron chi connectivity index (χ3n) is 5.06. The fourth-order valence-corrected chi connectivity index (χ4v) is 5.62. The molecule has 1 aliphatic rings. The monoisotopic (exact) mass is 413 g/mol. The molecule has 7 heteroatoms. The number of hydrogen-bond donors (Lipinski definition) is 0. The predicted molar refractivity (Wildman–Crippen MR) is 115 cm³/mol. The number of fused-ring (bicyclic) bond motifs is 1. The Balaban J connectivity index is 1.57. The van der Waals surface area contributed by atoms with E-state index in [4.69, 9.17) is 0 Å². The number of likely N-dealkylation sites (tertiary alicyclic amines) is 1. The Morgan fingerprint density at radius 2 is 2.11 bits per heavy atom. The molecule has 0 spiro atoms. The van der Waals surface area contributed by atoms with Crippen molar-refractivity contribution in [3.63, 3.8) is 0 Å². The Labute approximate surface area is 172 Å². The van der Waals surface area contributed by atoms with E-state index in [1.54, 1.807) is 22.0 Å². The highest BCUT2D eigenvalue weighted by molar-refractivity contribution is 7.99. The molecule has 1 aromatic carbocycles. The van der Waals surface area contributed by atoms with Gasteiger partial charge in [0.25, 0.3) is 5.56 Å². The van der Waals surface area contributed by atoms with Crippen LogP contribution in [0.4, 0.5) is 0 Å². The summed E-state index contributed by atoms with van der Waals surface area (Å²) in [6.45, 7) is 4.73. The summed E-state index contributed by atoms with van der Waals surface area (Å²) in [6, 6.07) is 11.7. The molecule has 1 fully saturated rings. The summed E-state index contributed by atoms with van der Waals surface area (Å²) in [4.78, 5) is 33.8. The molecule has 1 saturated heterocycles. The van der Waals surface area contributed by atoms with Gasteiger partial charge in [-0.3, -0.25) is 14.2 Å². The lowest BCUT2D eigenvalue weighted by atomic mass is 10.2. The molecule has 5 nitrogen and oxygen atoms in total. The smallest absolute Gasteiger partial charge is 0.262 e. The van der Waals surface area contributed by atoms with E-state index in [2.05, 4.69) is 16.4 Å². The minimum atomic E-state index is -0.0480. The first-order valence-corrected chi connectivity index (χ1v) is 11.4. The number of hydrogen-bond acceptors (Lipinski definition) is 5. The molecule has 0 N–H and O–H groups in total. The second-order valence-electron chi connectivity index (χ2n) is 7.23. The van der Waals surface area contributed by atoms with Gasteiger partial charge in [-0.25, -0.2) is 4.98 Å². The van der Waals surface area contributed by atoms with Gasteiger partial charge in [-0.15, -0.1) is 11.3 Å². The van der Waals surface area contributed by atoms with Crippen LogP contribution < -0.4 is 5.56 Å². The molecular formula is C21H23N3O2S2. The zero-order chi connectivity index (χ0) is 19.7. The predicted octanol–water partition coefficient (Wildman–Crippen LogP) is 4.49. The Bertz CT molecular complexity index is 1040. The van der Waals surface area contributed by atoms with Crippen molar-refractivity contribution in [3.05, 3.63) is 57.0 Å². The van der Waals surface area contributed by atoms with E-state index in [9.17, 15) is 9.59 Å². The lowest BCUT2D eigenvalue weighted by Gasteiger charge is -2.24. The van der Waals surface area contributed by atoms with Crippen LogP contribution in [0, 0.1) is 0 Å². The van der Waals surface area contributed by atoms with Gasteiger partial charge in [-0.05, 0) is 50.3 Å². The molecule has 2 aromatic heterocycles. The van der Waals surface area contributed by atoms with Crippen LogP contribution in [-0.2, 0) is 4.79 Å². The first-order valence-electron chi connectivity index (χ1n) is 9.53. The molecule has 3 heterocycles. The zero-order valence-electron chi connectivity index (χ0n) is 16.0. The highest BCUT2D eigenvalue weighted by atomic mass is 32.2. The van der Waals surface area contributed by atoms with Crippen molar-refractivity contribution in [2.75, 3.05) is 12.3 Å². The van der Waals surface area contributed by atoms with E-state index in [0.29, 0.717) is 21.8 Å². The van der Waals surface area contributed by atoms with E-state index in [0.717, 1.165) is 19.4 Å². The average molecular weight is 414 g/mol. The number of benzene rings is 1. The summed E-state index contributed by atoms with van der Waals surface area (Å²) in [5.41, 5.74) is 0.630. The molecule has 4 rings (SSSR count). The molecule has 0 bridgehead atoms. The number of nitrogens with zero attached hydrogens (tertiary/aromatic N) is 3. The van der Waals surface area contributed by atoms with Crippen LogP contribution in [0.2, 0.25) is 0 Å². The molecule has 1 unspecified atom stereocenters. The average Bonchev–Trinajstić information content (AvgIpc) is 3.37. The zero-order valence-corrected chi connectivity index (χ0v) is 17.6. The largest absolute Gasteiger partial charge is 0.334 e. The standard InChI is InChI=1S/C21H23N3O2S2/c1-14(2)24-20(26)15-7-3-4-8-16(15)22-21(24)28-13-19(25)23-11-5-9-17(23)18-10-6-12-27-18/h3-4,6-8,10,12,14,17H,5,9,11,13H2,1-2H3. The molecule has 0 saturated carbocycles. The Hall–Kier alpha value is -2.12. The number of thiophene rings is 1. The highest BCUT2D eigenvalue weighted by Crippen LogP contribution is 2.35. The fourth-order valence-electron chi connectivity index (χ4n) is 3.73. The van der Waals surface area contributed by atoms with Gasteiger partial charge in [-0.2, -0.15) is 0 Å². The van der Waals surface area contributed by atoms with Crippen molar-refractivity contribution in [1.29, 1.82) is 0 Å². The lowest BCUT2D eigenvalue weighted by molar-refractivity contribution is -0.129. The summed E-state index contributed by atoms with van der Waals surface area (Å²) in [5, 5.41) is 3.29. The molecule has 3 aromatic rings. The molecule has 0 radical (unpaired) electrons. The molecular weight excluding hydrogens is 390 g/mol. The number of aromatic nitrogens is 2. The number of amides is 1. The third-order valence-corrected chi connectivity index (χ3v) is 6.97. The summed E-state index contributed by atoms with van der Waals surface area (Å²) in [5.74, 6) is 0.401. The van der Waals surface area contributed by atoms with Gasteiger partial charge in [-0.1, -0.05) is 30.0 Å². The van der Waals surface area contributed by atoms with Crippen molar-refractivity contribution in [3.8, 4) is 0 Å². The summed E-state index contributed by atoms with van der Waals surface area (Å²) < 4.78 is 1.70. The first kappa shape index (κ1) is 19.2. The lowest BCUT2D eigenvalue weighted by Crippen LogP contribution is -2.32. The van der Waals surface area contributed by atoms with Gasteiger partial charge < -0.3 is 4.90 Å². The summed E-state index contributed by atoms with van der Waals surface area (Å²) in [6.07, 6.45) is 2.05. The topological polar surface area (TPSA) is 55.2 Å². The molecule has 1 amide bonds. The van der Waals surface area contributed by atoms with Crippen LogP contribution in [0.15, 0.2) is 51.7 Å². The molecule has 1 aliphatic heterocycles. The van der Waals surface area contributed by atoms with Crippen molar-refractivity contribution >= 4 is 39.9 Å². The highest BCUT2D eigenvalue weighted by Gasteiger charge is 2.30. The van der Waals surface area contributed by atoms with E-state index in [1.807, 2.05) is 43.0 Å². The maximum absolute atomic E-state index is 12.9. The Morgan fingerprint density at radius 3 is 2.86 bits per heavy atom. The number of carbonyl (C=O) groups excluding carboxylic acids is 1. The van der Waals surface area contributed by atoms with Gasteiger partial charge in [0.05, 0.1) is 22.7 Å². The minimum absolute atomic E-state index is 0.0205. The number of thioether (sulfide) groups is 1. The van der Waals surface area contributed by atoms with Gasteiger partial charge in [0, 0.05) is 17.5 Å². The normalized spacial score (nSPS) is 17.0. The van der Waals surface area contributed by atoms with Crippen molar-refractivity contribution < 1.29 is 4.79 Å². The van der Waals surface area contributed by atoms with Crippen LogP contribution in [0.5, 0.6) is 0 Å². The quantitative estimate of drug-likeness (QED) is 0.457. The number of carbonyl (C=O) groups is 1. The number of para-hydroxylation sites is 1. The second-order valence-corrected chi connectivity index (χ2v) is 9.15. The van der Waals surface area contributed by atoms with Crippen LogP contribution in [0.25, 0.3) is 10.9 Å². The Morgan fingerprint density at radius 1 is 1.29 bits per heavy atom. The van der Waals surface area contributed by atoms with E-state index in [1.165, 1.54) is 16.6 Å². The summed E-state index contributed by atoms with van der Waals surface area (Å²) in [7, 11) is 0. The van der Waals surface area contributed by atoms with Crippen LogP contribution >= 0.6 is 23.1 Å².